The number of methoxy groups -OCH3 is 1. The molecule has 2 rings (SSSR count). The minimum Gasteiger partial charge on any atom is -0.383 e. The second-order valence-electron chi connectivity index (χ2n) is 5.39. The molecule has 0 bridgehead atoms. The Morgan fingerprint density at radius 3 is 2.56 bits per heavy atom. The van der Waals surface area contributed by atoms with Gasteiger partial charge in [-0.05, 0) is 19.9 Å². The monoisotopic (exact) mass is 255 g/mol. The molecule has 5 nitrogen and oxygen atoms in total. The lowest BCUT2D eigenvalue weighted by Gasteiger charge is -2.41. The van der Waals surface area contributed by atoms with Gasteiger partial charge in [-0.15, -0.1) is 0 Å². The lowest BCUT2D eigenvalue weighted by Crippen LogP contribution is -2.55. The van der Waals surface area contributed by atoms with Gasteiger partial charge in [0.2, 0.25) is 5.91 Å². The predicted molar refractivity (Wildman–Crippen MR) is 70.5 cm³/mol. The van der Waals surface area contributed by atoms with Crippen LogP contribution in [0.4, 0.5) is 0 Å². The topological polar surface area (TPSA) is 36.0 Å². The van der Waals surface area contributed by atoms with Crippen molar-refractivity contribution in [3.05, 3.63) is 0 Å². The van der Waals surface area contributed by atoms with E-state index in [9.17, 15) is 4.79 Å². The third kappa shape index (κ3) is 3.43. The number of likely N-dealkylation sites (tertiary alicyclic amines) is 1. The fourth-order valence-electron chi connectivity index (χ4n) is 2.87. The number of likely N-dealkylation sites (N-methyl/N-ethyl adjacent to an activating group) is 1. The van der Waals surface area contributed by atoms with Crippen molar-refractivity contribution in [1.29, 1.82) is 0 Å². The molecule has 0 radical (unpaired) electrons. The highest BCUT2D eigenvalue weighted by atomic mass is 16.5. The number of ether oxygens (including phenoxy) is 1. The summed E-state index contributed by atoms with van der Waals surface area (Å²) in [6.45, 7) is 6.50. The number of carbonyl (C=O) groups is 1. The second-order valence-corrected chi connectivity index (χ2v) is 5.39. The summed E-state index contributed by atoms with van der Waals surface area (Å²) in [7, 11) is 3.76. The largest absolute Gasteiger partial charge is 0.383 e. The Balaban J connectivity index is 1.77. The van der Waals surface area contributed by atoms with E-state index in [1.54, 1.807) is 7.11 Å². The van der Waals surface area contributed by atoms with Crippen LogP contribution in [0.2, 0.25) is 0 Å². The lowest BCUT2D eigenvalue weighted by atomic mass is 10.0. The Kier molecular flexibility index (Phi) is 4.97. The van der Waals surface area contributed by atoms with Gasteiger partial charge >= 0.3 is 0 Å². The first-order valence-corrected chi connectivity index (χ1v) is 6.90. The molecule has 0 N–H and O–H groups in total. The van der Waals surface area contributed by atoms with Gasteiger partial charge in [0.15, 0.2) is 0 Å². The van der Waals surface area contributed by atoms with Gasteiger partial charge in [-0.3, -0.25) is 9.69 Å². The summed E-state index contributed by atoms with van der Waals surface area (Å²) in [6.07, 6.45) is 2.22. The zero-order valence-electron chi connectivity index (χ0n) is 11.6. The average Bonchev–Trinajstić information content (AvgIpc) is 2.37. The number of amides is 1. The van der Waals surface area contributed by atoms with Gasteiger partial charge in [-0.1, -0.05) is 0 Å². The van der Waals surface area contributed by atoms with Gasteiger partial charge in [-0.25, -0.2) is 0 Å². The van der Waals surface area contributed by atoms with Crippen LogP contribution in [0.25, 0.3) is 0 Å². The van der Waals surface area contributed by atoms with E-state index in [1.807, 2.05) is 7.05 Å². The van der Waals surface area contributed by atoms with Crippen LogP contribution in [-0.4, -0.2) is 86.7 Å². The molecule has 18 heavy (non-hydrogen) atoms. The van der Waals surface area contributed by atoms with E-state index in [0.717, 1.165) is 52.2 Å². The molecule has 0 aliphatic carbocycles. The summed E-state index contributed by atoms with van der Waals surface area (Å²) in [6, 6.07) is 0.463. The van der Waals surface area contributed by atoms with Crippen LogP contribution in [0.1, 0.15) is 12.8 Å². The van der Waals surface area contributed by atoms with E-state index < -0.39 is 0 Å². The highest BCUT2D eigenvalue weighted by molar-refractivity contribution is 5.79. The Hall–Kier alpha value is -0.650. The van der Waals surface area contributed by atoms with E-state index >= 15 is 0 Å². The smallest absolute Gasteiger partial charge is 0.237 e. The minimum atomic E-state index is 0.305. The lowest BCUT2D eigenvalue weighted by molar-refractivity contribution is -0.139. The van der Waals surface area contributed by atoms with E-state index in [0.29, 0.717) is 18.5 Å². The van der Waals surface area contributed by atoms with E-state index in [4.69, 9.17) is 4.74 Å². The second kappa shape index (κ2) is 6.50. The molecule has 2 fully saturated rings. The predicted octanol–water partition coefficient (Wildman–Crippen LogP) is -0.129. The molecule has 0 saturated carbocycles. The van der Waals surface area contributed by atoms with Gasteiger partial charge in [0.1, 0.15) is 0 Å². The van der Waals surface area contributed by atoms with Crippen LogP contribution in [0.15, 0.2) is 0 Å². The maximum Gasteiger partial charge on any atom is 0.237 e. The summed E-state index contributed by atoms with van der Waals surface area (Å²) < 4.78 is 5.10. The molecule has 0 spiro atoms. The van der Waals surface area contributed by atoms with Crippen molar-refractivity contribution in [3.63, 3.8) is 0 Å². The van der Waals surface area contributed by atoms with Crippen LogP contribution < -0.4 is 0 Å². The molecular weight excluding hydrogens is 230 g/mol. The summed E-state index contributed by atoms with van der Waals surface area (Å²) in [5, 5.41) is 0. The molecule has 0 aromatic heterocycles. The fourth-order valence-corrected chi connectivity index (χ4v) is 2.87. The Morgan fingerprint density at radius 2 is 1.94 bits per heavy atom. The highest BCUT2D eigenvalue weighted by Gasteiger charge is 2.30. The molecule has 5 heteroatoms. The first-order chi connectivity index (χ1) is 8.70. The molecular formula is C13H25N3O2. The molecule has 0 aromatic carbocycles. The van der Waals surface area contributed by atoms with Crippen LogP contribution in [0, 0.1) is 0 Å². The van der Waals surface area contributed by atoms with Crippen molar-refractivity contribution < 1.29 is 9.53 Å². The zero-order chi connectivity index (χ0) is 13.0. The molecule has 2 aliphatic heterocycles. The number of piperidine rings is 1. The third-order valence-corrected chi connectivity index (χ3v) is 4.06. The third-order valence-electron chi connectivity index (χ3n) is 4.06. The van der Waals surface area contributed by atoms with Gasteiger partial charge in [0.05, 0.1) is 13.2 Å². The summed E-state index contributed by atoms with van der Waals surface area (Å²) in [5.74, 6) is 0.305. The van der Waals surface area contributed by atoms with Crippen molar-refractivity contribution >= 4 is 5.91 Å². The van der Waals surface area contributed by atoms with Gasteiger partial charge < -0.3 is 14.5 Å². The average molecular weight is 255 g/mol. The van der Waals surface area contributed by atoms with Crippen molar-refractivity contribution in [2.45, 2.75) is 18.9 Å². The first-order valence-electron chi connectivity index (χ1n) is 6.90. The molecule has 0 atom stereocenters. The Bertz CT molecular complexity index is 277. The summed E-state index contributed by atoms with van der Waals surface area (Å²) >= 11 is 0. The van der Waals surface area contributed by atoms with Crippen molar-refractivity contribution in [3.8, 4) is 0 Å². The molecule has 104 valence electrons. The maximum absolute atomic E-state index is 12.0. The van der Waals surface area contributed by atoms with Gasteiger partial charge in [0.25, 0.3) is 0 Å². The molecule has 2 saturated heterocycles. The van der Waals surface area contributed by atoms with Crippen LogP contribution in [-0.2, 0) is 9.53 Å². The molecule has 2 aliphatic rings. The number of carbonyl (C=O) groups excluding carboxylic acids is 1. The van der Waals surface area contributed by atoms with E-state index in [2.05, 4.69) is 14.7 Å². The molecule has 1 amide bonds. The van der Waals surface area contributed by atoms with Gasteiger partial charge in [0, 0.05) is 45.9 Å². The summed E-state index contributed by atoms with van der Waals surface area (Å²) in [4.78, 5) is 18.6. The minimum absolute atomic E-state index is 0.305. The van der Waals surface area contributed by atoms with Crippen LogP contribution in [0.3, 0.4) is 0 Å². The van der Waals surface area contributed by atoms with E-state index in [-0.39, 0.29) is 0 Å². The molecule has 2 heterocycles. The number of rotatable bonds is 4. The number of hydrogen-bond acceptors (Lipinski definition) is 4. The molecule has 0 aromatic rings. The standard InChI is InChI=1S/C13H25N3O2/c1-14-7-8-16(13(17)11-14)12-3-5-15(6-4-12)9-10-18-2/h12H,3-11H2,1-2H3. The fraction of sp³-hybridized carbons (Fsp3) is 0.923. The van der Waals surface area contributed by atoms with Crippen LogP contribution in [0.5, 0.6) is 0 Å². The normalized spacial score (nSPS) is 24.8. The van der Waals surface area contributed by atoms with Crippen molar-refractivity contribution in [2.24, 2.45) is 0 Å². The number of piperazine rings is 1. The van der Waals surface area contributed by atoms with Gasteiger partial charge in [-0.2, -0.15) is 0 Å². The van der Waals surface area contributed by atoms with Crippen LogP contribution >= 0.6 is 0 Å². The number of hydrogen-bond donors (Lipinski definition) is 0. The summed E-state index contributed by atoms with van der Waals surface area (Å²) in [5.41, 5.74) is 0. The van der Waals surface area contributed by atoms with Crippen molar-refractivity contribution in [1.82, 2.24) is 14.7 Å². The quantitative estimate of drug-likeness (QED) is 0.701. The maximum atomic E-state index is 12.0. The van der Waals surface area contributed by atoms with Crippen molar-refractivity contribution in [2.75, 3.05) is 60.0 Å². The zero-order valence-corrected chi connectivity index (χ0v) is 11.6. The highest BCUT2D eigenvalue weighted by Crippen LogP contribution is 2.18. The molecule has 0 unspecified atom stereocenters. The Labute approximate surface area is 110 Å². The van der Waals surface area contributed by atoms with E-state index in [1.165, 1.54) is 0 Å². The number of nitrogens with zero attached hydrogens (tertiary/aromatic N) is 3. The SMILES string of the molecule is COCCN1CCC(N2CCN(C)CC2=O)CC1. The Morgan fingerprint density at radius 1 is 1.22 bits per heavy atom. The first kappa shape index (κ1) is 13.8.